The number of nitrogens with one attached hydrogen (secondary N) is 1. The molecule has 0 saturated heterocycles. The molecule has 3 nitrogen and oxygen atoms in total. The fourth-order valence-corrected chi connectivity index (χ4v) is 2.85. The molecule has 3 heteroatoms. The summed E-state index contributed by atoms with van der Waals surface area (Å²) in [4.78, 5) is 7.83. The predicted octanol–water partition coefficient (Wildman–Crippen LogP) is 4.05. The van der Waals surface area contributed by atoms with E-state index < -0.39 is 0 Å². The second-order valence-corrected chi connectivity index (χ2v) is 4.95. The molecule has 0 aliphatic rings. The lowest BCUT2D eigenvalue weighted by atomic mass is 10.0. The van der Waals surface area contributed by atoms with Crippen molar-refractivity contribution in [2.24, 2.45) is 0 Å². The molecule has 4 aromatic rings. The molecule has 0 saturated carbocycles. The zero-order valence-electron chi connectivity index (χ0n) is 10.9. The number of aromatic nitrogens is 2. The Kier molecular flexibility index (Phi) is 2.10. The number of hydrogen-bond donors (Lipinski definition) is 1. The van der Waals surface area contributed by atoms with Crippen molar-refractivity contribution >= 4 is 32.6 Å². The summed E-state index contributed by atoms with van der Waals surface area (Å²) in [6, 6.07) is 14.4. The number of rotatable bonds is 0. The molecule has 0 atom stereocenters. The molecule has 0 radical (unpaired) electrons. The average Bonchev–Trinajstić information content (AvgIpc) is 2.84. The van der Waals surface area contributed by atoms with Crippen LogP contribution in [0.5, 0.6) is 0 Å². The lowest BCUT2D eigenvalue weighted by molar-refractivity contribution is 1.24. The SMILES string of the molecule is Cc1[nH]ccc2c(C#N)c3nc4ccccc4c3cc12. The van der Waals surface area contributed by atoms with Gasteiger partial charge in [-0.2, -0.15) is 5.26 Å². The van der Waals surface area contributed by atoms with Crippen molar-refractivity contribution in [3.63, 3.8) is 0 Å². The van der Waals surface area contributed by atoms with Gasteiger partial charge in [0.1, 0.15) is 6.07 Å². The third kappa shape index (κ3) is 1.31. The summed E-state index contributed by atoms with van der Waals surface area (Å²) in [6.07, 6.45) is 1.87. The van der Waals surface area contributed by atoms with Crippen molar-refractivity contribution in [3.05, 3.63) is 53.9 Å². The van der Waals surface area contributed by atoms with Crippen molar-refractivity contribution < 1.29 is 0 Å². The first-order valence-electron chi connectivity index (χ1n) is 6.49. The first kappa shape index (κ1) is 11.0. The van der Waals surface area contributed by atoms with Crippen LogP contribution >= 0.6 is 0 Å². The van der Waals surface area contributed by atoms with Crippen molar-refractivity contribution in [1.29, 1.82) is 5.26 Å². The fraction of sp³-hybridized carbons (Fsp3) is 0.0588. The van der Waals surface area contributed by atoms with Gasteiger partial charge >= 0.3 is 0 Å². The second kappa shape index (κ2) is 3.82. The summed E-state index contributed by atoms with van der Waals surface area (Å²) >= 11 is 0. The van der Waals surface area contributed by atoms with Gasteiger partial charge in [-0.25, -0.2) is 4.98 Å². The number of hydrogen-bond acceptors (Lipinski definition) is 2. The Morgan fingerprint density at radius 1 is 1.05 bits per heavy atom. The molecule has 0 fully saturated rings. The van der Waals surface area contributed by atoms with E-state index in [0.717, 1.165) is 38.3 Å². The Bertz CT molecular complexity index is 1020. The molecule has 1 N–H and O–H groups in total. The first-order chi connectivity index (χ1) is 9.79. The minimum atomic E-state index is 0.658. The molecule has 0 aliphatic heterocycles. The van der Waals surface area contributed by atoms with Gasteiger partial charge in [-0.3, -0.25) is 0 Å². The zero-order valence-corrected chi connectivity index (χ0v) is 10.9. The summed E-state index contributed by atoms with van der Waals surface area (Å²) in [7, 11) is 0. The number of para-hydroxylation sites is 1. The number of H-pyrrole nitrogens is 1. The lowest BCUT2D eigenvalue weighted by Crippen LogP contribution is -1.88. The van der Waals surface area contributed by atoms with Crippen LogP contribution in [-0.4, -0.2) is 9.97 Å². The topological polar surface area (TPSA) is 52.5 Å². The van der Waals surface area contributed by atoms with E-state index in [4.69, 9.17) is 0 Å². The quantitative estimate of drug-likeness (QED) is 0.516. The molecule has 20 heavy (non-hydrogen) atoms. The summed E-state index contributed by atoms with van der Waals surface area (Å²) in [6.45, 7) is 2.02. The van der Waals surface area contributed by atoms with E-state index in [9.17, 15) is 5.26 Å². The molecule has 4 rings (SSSR count). The van der Waals surface area contributed by atoms with Crippen LogP contribution in [-0.2, 0) is 0 Å². The van der Waals surface area contributed by atoms with Crippen LogP contribution in [0.1, 0.15) is 11.3 Å². The average molecular weight is 257 g/mol. The van der Waals surface area contributed by atoms with Crippen molar-refractivity contribution in [1.82, 2.24) is 9.97 Å². The fourth-order valence-electron chi connectivity index (χ4n) is 2.85. The first-order valence-corrected chi connectivity index (χ1v) is 6.49. The summed E-state index contributed by atoms with van der Waals surface area (Å²) in [5.41, 5.74) is 3.46. The standard InChI is InChI=1S/C17H11N3/c1-10-13-8-14-12-4-2-3-5-16(12)20-17(14)15(9-18)11(13)6-7-19-10/h2-8,19H,1H3. The van der Waals surface area contributed by atoms with E-state index in [1.54, 1.807) is 0 Å². The molecule has 2 aromatic carbocycles. The van der Waals surface area contributed by atoms with Crippen LogP contribution in [0, 0.1) is 18.3 Å². The Labute approximate surface area is 115 Å². The highest BCUT2D eigenvalue weighted by Crippen LogP contribution is 2.33. The number of nitrogens with zero attached hydrogens (tertiary/aromatic N) is 2. The number of nitriles is 1. The van der Waals surface area contributed by atoms with Gasteiger partial charge in [0.05, 0.1) is 16.6 Å². The normalized spacial score (nSPS) is 11.2. The van der Waals surface area contributed by atoms with Crippen LogP contribution in [0.25, 0.3) is 32.6 Å². The monoisotopic (exact) mass is 257 g/mol. The van der Waals surface area contributed by atoms with E-state index in [1.807, 2.05) is 37.4 Å². The Balaban J connectivity index is 2.37. The van der Waals surface area contributed by atoms with Gasteiger partial charge in [-0.1, -0.05) is 18.2 Å². The van der Waals surface area contributed by atoms with E-state index in [2.05, 4.69) is 28.2 Å². The van der Waals surface area contributed by atoms with E-state index in [1.165, 1.54) is 0 Å². The molecule has 0 spiro atoms. The molecule has 94 valence electrons. The predicted molar refractivity (Wildman–Crippen MR) is 80.6 cm³/mol. The molecular weight excluding hydrogens is 246 g/mol. The maximum Gasteiger partial charge on any atom is 0.102 e. The van der Waals surface area contributed by atoms with Gasteiger partial charge in [0.25, 0.3) is 0 Å². The molecule has 0 aliphatic carbocycles. The highest BCUT2D eigenvalue weighted by Gasteiger charge is 2.13. The van der Waals surface area contributed by atoms with E-state index in [0.29, 0.717) is 5.56 Å². The Hall–Kier alpha value is -2.86. The van der Waals surface area contributed by atoms with E-state index >= 15 is 0 Å². The smallest absolute Gasteiger partial charge is 0.102 e. The minimum Gasteiger partial charge on any atom is -0.365 e. The number of aromatic amines is 1. The molecule has 0 unspecified atom stereocenters. The van der Waals surface area contributed by atoms with Crippen LogP contribution in [0.4, 0.5) is 0 Å². The third-order valence-electron chi connectivity index (χ3n) is 3.83. The lowest BCUT2D eigenvalue weighted by Gasteiger charge is -2.05. The molecule has 0 amide bonds. The summed E-state index contributed by atoms with van der Waals surface area (Å²) < 4.78 is 0. The number of fused-ring (bicyclic) bond motifs is 4. The number of benzene rings is 2. The van der Waals surface area contributed by atoms with Gasteiger partial charge in [-0.15, -0.1) is 0 Å². The number of aryl methyl sites for hydroxylation is 1. The van der Waals surface area contributed by atoms with Crippen LogP contribution in [0.15, 0.2) is 42.6 Å². The van der Waals surface area contributed by atoms with Crippen LogP contribution in [0.2, 0.25) is 0 Å². The maximum absolute atomic E-state index is 9.55. The van der Waals surface area contributed by atoms with Crippen molar-refractivity contribution in [2.45, 2.75) is 6.92 Å². The third-order valence-corrected chi connectivity index (χ3v) is 3.83. The van der Waals surface area contributed by atoms with Gasteiger partial charge in [-0.05, 0) is 25.1 Å². The molecule has 2 aromatic heterocycles. The van der Waals surface area contributed by atoms with Crippen LogP contribution in [0.3, 0.4) is 0 Å². The number of pyridine rings is 1. The van der Waals surface area contributed by atoms with Gasteiger partial charge in [0, 0.05) is 33.4 Å². The molecular formula is C17H11N3. The maximum atomic E-state index is 9.55. The second-order valence-electron chi connectivity index (χ2n) is 4.95. The highest BCUT2D eigenvalue weighted by atomic mass is 14.7. The van der Waals surface area contributed by atoms with Crippen LogP contribution < -0.4 is 0 Å². The molecule has 0 bridgehead atoms. The Morgan fingerprint density at radius 3 is 2.75 bits per heavy atom. The summed E-state index contributed by atoms with van der Waals surface area (Å²) in [5.74, 6) is 0. The minimum absolute atomic E-state index is 0.658. The van der Waals surface area contributed by atoms with Crippen molar-refractivity contribution in [3.8, 4) is 6.07 Å². The molecule has 2 heterocycles. The largest absolute Gasteiger partial charge is 0.365 e. The van der Waals surface area contributed by atoms with Gasteiger partial charge < -0.3 is 4.98 Å². The summed E-state index contributed by atoms with van der Waals surface area (Å²) in [5, 5.41) is 13.7. The highest BCUT2D eigenvalue weighted by molar-refractivity contribution is 6.15. The van der Waals surface area contributed by atoms with Crippen molar-refractivity contribution in [2.75, 3.05) is 0 Å². The zero-order chi connectivity index (χ0) is 13.7. The van der Waals surface area contributed by atoms with E-state index in [-0.39, 0.29) is 0 Å². The van der Waals surface area contributed by atoms with Gasteiger partial charge in [0.2, 0.25) is 0 Å². The Morgan fingerprint density at radius 2 is 1.90 bits per heavy atom. The van der Waals surface area contributed by atoms with Gasteiger partial charge in [0.15, 0.2) is 0 Å².